The van der Waals surface area contributed by atoms with Crippen molar-refractivity contribution < 1.29 is 9.53 Å². The van der Waals surface area contributed by atoms with Crippen LogP contribution in [0.25, 0.3) is 10.9 Å². The second kappa shape index (κ2) is 5.34. The Morgan fingerprint density at radius 2 is 2.41 bits per heavy atom. The molecule has 0 aliphatic carbocycles. The Morgan fingerprint density at radius 3 is 3.24 bits per heavy atom. The number of nitrogens with zero attached hydrogens (tertiary/aromatic N) is 1. The summed E-state index contributed by atoms with van der Waals surface area (Å²) in [4.78, 5) is 10.9. The lowest BCUT2D eigenvalue weighted by Gasteiger charge is -2.05. The molecule has 1 aromatic heterocycles. The summed E-state index contributed by atoms with van der Waals surface area (Å²) < 4.78 is 4.57. The van der Waals surface area contributed by atoms with Crippen LogP contribution in [0, 0.1) is 0 Å². The summed E-state index contributed by atoms with van der Waals surface area (Å²) in [6.45, 7) is 0.748. The first kappa shape index (κ1) is 11.4. The Bertz CT molecular complexity index is 507. The van der Waals surface area contributed by atoms with Crippen LogP contribution in [0.4, 0.5) is 5.69 Å². The molecule has 2 rings (SSSR count). The third-order valence-electron chi connectivity index (χ3n) is 2.55. The number of aromatic nitrogens is 2. The van der Waals surface area contributed by atoms with E-state index in [2.05, 4.69) is 20.3 Å². The number of methoxy groups -OCH3 is 1. The van der Waals surface area contributed by atoms with Crippen molar-refractivity contribution in [1.82, 2.24) is 10.2 Å². The Kier molecular flexibility index (Phi) is 3.59. The molecule has 0 radical (unpaired) electrons. The lowest BCUT2D eigenvalue weighted by Crippen LogP contribution is -2.06. The van der Waals surface area contributed by atoms with Gasteiger partial charge in [0.25, 0.3) is 0 Å². The standard InChI is InChI=1S/C12H15N3O2/c1-17-12(16)3-2-6-13-10-4-5-11-9(7-10)8-14-15-11/h4-5,7-8,13H,2-3,6H2,1H3,(H,14,15). The average Bonchev–Trinajstić information content (AvgIpc) is 2.81. The number of esters is 1. The van der Waals surface area contributed by atoms with E-state index in [-0.39, 0.29) is 5.97 Å². The van der Waals surface area contributed by atoms with Gasteiger partial charge in [-0.05, 0) is 24.6 Å². The number of aromatic amines is 1. The fraction of sp³-hybridized carbons (Fsp3) is 0.333. The van der Waals surface area contributed by atoms with Crippen LogP contribution in [0.3, 0.4) is 0 Å². The van der Waals surface area contributed by atoms with Crippen molar-refractivity contribution in [3.8, 4) is 0 Å². The number of benzene rings is 1. The average molecular weight is 233 g/mol. The number of carbonyl (C=O) groups is 1. The molecule has 0 saturated heterocycles. The minimum Gasteiger partial charge on any atom is -0.469 e. The predicted molar refractivity (Wildman–Crippen MR) is 65.8 cm³/mol. The van der Waals surface area contributed by atoms with Gasteiger partial charge < -0.3 is 10.1 Å². The van der Waals surface area contributed by atoms with E-state index >= 15 is 0 Å². The molecule has 0 unspecified atom stereocenters. The molecule has 0 fully saturated rings. The van der Waals surface area contributed by atoms with Crippen LogP contribution in [0.5, 0.6) is 0 Å². The van der Waals surface area contributed by atoms with Gasteiger partial charge in [-0.1, -0.05) is 0 Å². The third-order valence-corrected chi connectivity index (χ3v) is 2.55. The molecule has 0 spiro atoms. The van der Waals surface area contributed by atoms with Crippen molar-refractivity contribution in [2.75, 3.05) is 19.0 Å². The van der Waals surface area contributed by atoms with Gasteiger partial charge in [0.1, 0.15) is 0 Å². The van der Waals surface area contributed by atoms with Gasteiger partial charge >= 0.3 is 5.97 Å². The van der Waals surface area contributed by atoms with Crippen LogP contribution in [0.1, 0.15) is 12.8 Å². The summed E-state index contributed by atoms with van der Waals surface area (Å²) in [7, 11) is 1.41. The van der Waals surface area contributed by atoms with E-state index in [1.165, 1.54) is 7.11 Å². The van der Waals surface area contributed by atoms with Gasteiger partial charge in [-0.15, -0.1) is 0 Å². The zero-order valence-corrected chi connectivity index (χ0v) is 9.69. The number of nitrogens with one attached hydrogen (secondary N) is 2. The number of H-pyrrole nitrogens is 1. The minimum absolute atomic E-state index is 0.169. The van der Waals surface area contributed by atoms with Crippen LogP contribution in [0.2, 0.25) is 0 Å². The topological polar surface area (TPSA) is 67.0 Å². The second-order valence-electron chi connectivity index (χ2n) is 3.78. The molecule has 0 aliphatic rings. The second-order valence-corrected chi connectivity index (χ2v) is 3.78. The molecule has 2 N–H and O–H groups in total. The highest BCUT2D eigenvalue weighted by molar-refractivity contribution is 5.81. The van der Waals surface area contributed by atoms with Crippen LogP contribution in [-0.4, -0.2) is 29.8 Å². The zero-order chi connectivity index (χ0) is 12.1. The normalized spacial score (nSPS) is 10.4. The zero-order valence-electron chi connectivity index (χ0n) is 9.69. The molecular weight excluding hydrogens is 218 g/mol. The van der Waals surface area contributed by atoms with E-state index in [0.29, 0.717) is 6.42 Å². The van der Waals surface area contributed by atoms with E-state index in [1.54, 1.807) is 6.20 Å². The van der Waals surface area contributed by atoms with Crippen molar-refractivity contribution in [2.45, 2.75) is 12.8 Å². The molecule has 1 aromatic carbocycles. The summed E-state index contributed by atoms with van der Waals surface area (Å²) in [5, 5.41) is 11.2. The van der Waals surface area contributed by atoms with Crippen LogP contribution < -0.4 is 5.32 Å². The number of hydrogen-bond acceptors (Lipinski definition) is 4. The number of rotatable bonds is 5. The summed E-state index contributed by atoms with van der Waals surface area (Å²) in [5.41, 5.74) is 2.05. The lowest BCUT2D eigenvalue weighted by atomic mass is 10.2. The summed E-state index contributed by atoms with van der Waals surface area (Å²) in [6.07, 6.45) is 2.99. The molecule has 0 atom stereocenters. The number of carbonyl (C=O) groups excluding carboxylic acids is 1. The maximum Gasteiger partial charge on any atom is 0.305 e. The molecule has 1 heterocycles. The molecule has 5 nitrogen and oxygen atoms in total. The number of anilines is 1. The monoisotopic (exact) mass is 233 g/mol. The Balaban J connectivity index is 1.84. The van der Waals surface area contributed by atoms with Crippen LogP contribution in [-0.2, 0) is 9.53 Å². The Labute approximate surface area is 99.2 Å². The number of ether oxygens (including phenoxy) is 1. The highest BCUT2D eigenvalue weighted by atomic mass is 16.5. The Hall–Kier alpha value is -2.04. The molecule has 5 heteroatoms. The van der Waals surface area contributed by atoms with Crippen LogP contribution in [0.15, 0.2) is 24.4 Å². The fourth-order valence-electron chi connectivity index (χ4n) is 1.62. The first-order valence-corrected chi connectivity index (χ1v) is 5.53. The number of fused-ring (bicyclic) bond motifs is 1. The lowest BCUT2D eigenvalue weighted by molar-refractivity contribution is -0.140. The molecule has 2 aromatic rings. The van der Waals surface area contributed by atoms with Crippen molar-refractivity contribution in [3.63, 3.8) is 0 Å². The van der Waals surface area contributed by atoms with Gasteiger partial charge in [0, 0.05) is 24.0 Å². The summed E-state index contributed by atoms with van der Waals surface area (Å²) in [6, 6.07) is 5.99. The highest BCUT2D eigenvalue weighted by Crippen LogP contribution is 2.16. The van der Waals surface area contributed by atoms with Crippen molar-refractivity contribution in [3.05, 3.63) is 24.4 Å². The SMILES string of the molecule is COC(=O)CCCNc1ccc2[nH]ncc2c1. The van der Waals surface area contributed by atoms with E-state index in [1.807, 2.05) is 18.2 Å². The van der Waals surface area contributed by atoms with Gasteiger partial charge in [-0.2, -0.15) is 5.10 Å². The van der Waals surface area contributed by atoms with Crippen LogP contribution >= 0.6 is 0 Å². The van der Waals surface area contributed by atoms with Gasteiger partial charge in [-0.25, -0.2) is 0 Å². The van der Waals surface area contributed by atoms with Gasteiger partial charge in [0.15, 0.2) is 0 Å². The molecule has 0 bridgehead atoms. The van der Waals surface area contributed by atoms with E-state index in [4.69, 9.17) is 0 Å². The van der Waals surface area contributed by atoms with Gasteiger partial charge in [0.2, 0.25) is 0 Å². The smallest absolute Gasteiger partial charge is 0.305 e. The Morgan fingerprint density at radius 1 is 1.53 bits per heavy atom. The first-order chi connectivity index (χ1) is 8.29. The van der Waals surface area contributed by atoms with E-state index in [9.17, 15) is 4.79 Å². The third kappa shape index (κ3) is 2.96. The molecule has 0 aliphatic heterocycles. The van der Waals surface area contributed by atoms with E-state index in [0.717, 1.165) is 29.6 Å². The van der Waals surface area contributed by atoms with E-state index < -0.39 is 0 Å². The highest BCUT2D eigenvalue weighted by Gasteiger charge is 2.00. The van der Waals surface area contributed by atoms with Crippen molar-refractivity contribution in [2.24, 2.45) is 0 Å². The molecule has 0 saturated carbocycles. The molecular formula is C12H15N3O2. The summed E-state index contributed by atoms with van der Waals surface area (Å²) in [5.74, 6) is -0.169. The largest absolute Gasteiger partial charge is 0.469 e. The maximum atomic E-state index is 10.9. The van der Waals surface area contributed by atoms with Crippen molar-refractivity contribution >= 4 is 22.6 Å². The van der Waals surface area contributed by atoms with Gasteiger partial charge in [0.05, 0.1) is 18.8 Å². The fourth-order valence-corrected chi connectivity index (χ4v) is 1.62. The maximum absolute atomic E-state index is 10.9. The van der Waals surface area contributed by atoms with Gasteiger partial charge in [-0.3, -0.25) is 9.89 Å². The molecule has 0 amide bonds. The number of hydrogen-bond donors (Lipinski definition) is 2. The minimum atomic E-state index is -0.169. The van der Waals surface area contributed by atoms with Crippen molar-refractivity contribution in [1.29, 1.82) is 0 Å². The quantitative estimate of drug-likeness (QED) is 0.611. The molecule has 90 valence electrons. The summed E-state index contributed by atoms with van der Waals surface area (Å²) >= 11 is 0. The predicted octanol–water partition coefficient (Wildman–Crippen LogP) is 1.93. The molecule has 17 heavy (non-hydrogen) atoms. The first-order valence-electron chi connectivity index (χ1n) is 5.53.